The van der Waals surface area contributed by atoms with Crippen LogP contribution < -0.4 is 5.32 Å². The first-order valence-corrected chi connectivity index (χ1v) is 8.88. The predicted molar refractivity (Wildman–Crippen MR) is 94.3 cm³/mol. The fourth-order valence-corrected chi connectivity index (χ4v) is 4.06. The van der Waals surface area contributed by atoms with Crippen molar-refractivity contribution in [2.45, 2.75) is 18.9 Å². The number of furan rings is 2. The van der Waals surface area contributed by atoms with Gasteiger partial charge in [0.1, 0.15) is 5.58 Å². The van der Waals surface area contributed by atoms with Gasteiger partial charge in [-0.3, -0.25) is 4.79 Å². The number of piperidine rings is 3. The third-order valence-corrected chi connectivity index (χ3v) is 5.47. The van der Waals surface area contributed by atoms with Crippen LogP contribution in [0.3, 0.4) is 0 Å². The van der Waals surface area contributed by atoms with Crippen LogP contribution in [0.4, 0.5) is 0 Å². The van der Waals surface area contributed by atoms with Gasteiger partial charge in [0, 0.05) is 18.0 Å². The molecule has 3 aliphatic rings. The predicted octanol–water partition coefficient (Wildman–Crippen LogP) is 3.52. The lowest BCUT2D eigenvalue weighted by Crippen LogP contribution is -2.57. The number of nitrogens with one attached hydrogen (secondary N) is 1. The molecule has 0 aliphatic carbocycles. The Bertz CT molecular complexity index is 885. The number of rotatable bonds is 3. The minimum Gasteiger partial charge on any atom is -0.453 e. The van der Waals surface area contributed by atoms with E-state index in [0.717, 1.165) is 30.6 Å². The SMILES string of the molecule is O=C(N[C@H]1CN2CCC1CC2)c1ccc(-c2cc3ccccc3o2)o1. The lowest BCUT2D eigenvalue weighted by Gasteiger charge is -2.44. The lowest BCUT2D eigenvalue weighted by molar-refractivity contribution is 0.0606. The average Bonchev–Trinajstić information content (AvgIpc) is 3.29. The van der Waals surface area contributed by atoms with Crippen molar-refractivity contribution in [1.29, 1.82) is 0 Å². The summed E-state index contributed by atoms with van der Waals surface area (Å²) in [7, 11) is 0. The summed E-state index contributed by atoms with van der Waals surface area (Å²) in [4.78, 5) is 15.0. The molecule has 128 valence electrons. The van der Waals surface area contributed by atoms with E-state index in [1.165, 1.54) is 12.8 Å². The van der Waals surface area contributed by atoms with Crippen molar-refractivity contribution in [1.82, 2.24) is 10.2 Å². The second-order valence-corrected chi connectivity index (χ2v) is 7.03. The lowest BCUT2D eigenvalue weighted by atomic mass is 9.84. The Balaban J connectivity index is 1.34. The van der Waals surface area contributed by atoms with E-state index < -0.39 is 0 Å². The van der Waals surface area contributed by atoms with Gasteiger partial charge in [0.25, 0.3) is 5.91 Å². The van der Waals surface area contributed by atoms with Crippen molar-refractivity contribution >= 4 is 16.9 Å². The molecule has 1 amide bonds. The highest BCUT2D eigenvalue weighted by molar-refractivity contribution is 5.92. The van der Waals surface area contributed by atoms with Gasteiger partial charge in [-0.15, -0.1) is 0 Å². The van der Waals surface area contributed by atoms with Crippen LogP contribution in [0.1, 0.15) is 23.4 Å². The zero-order valence-corrected chi connectivity index (χ0v) is 13.9. The van der Waals surface area contributed by atoms with E-state index in [9.17, 15) is 4.79 Å². The Labute approximate surface area is 145 Å². The molecular formula is C20H20N2O3. The maximum atomic E-state index is 12.6. The van der Waals surface area contributed by atoms with E-state index in [2.05, 4.69) is 10.2 Å². The van der Waals surface area contributed by atoms with Crippen LogP contribution in [-0.4, -0.2) is 36.5 Å². The second kappa shape index (κ2) is 5.77. The van der Waals surface area contributed by atoms with Gasteiger partial charge in [-0.25, -0.2) is 0 Å². The van der Waals surface area contributed by atoms with Gasteiger partial charge in [-0.1, -0.05) is 18.2 Å². The number of amides is 1. The zero-order valence-electron chi connectivity index (χ0n) is 13.9. The molecule has 3 aromatic rings. The molecule has 25 heavy (non-hydrogen) atoms. The highest BCUT2D eigenvalue weighted by Gasteiger charge is 2.35. The quantitative estimate of drug-likeness (QED) is 0.795. The first-order valence-electron chi connectivity index (χ1n) is 8.88. The summed E-state index contributed by atoms with van der Waals surface area (Å²) in [5.41, 5.74) is 0.812. The summed E-state index contributed by atoms with van der Waals surface area (Å²) in [5.74, 6) is 2.02. The van der Waals surface area contributed by atoms with Gasteiger partial charge in [0.05, 0.1) is 0 Å². The molecule has 0 radical (unpaired) electrons. The monoisotopic (exact) mass is 336 g/mol. The average molecular weight is 336 g/mol. The van der Waals surface area contributed by atoms with Crippen LogP contribution >= 0.6 is 0 Å². The minimum absolute atomic E-state index is 0.138. The first-order chi connectivity index (χ1) is 12.3. The minimum atomic E-state index is -0.138. The molecule has 3 fully saturated rings. The van der Waals surface area contributed by atoms with Gasteiger partial charge in [0.15, 0.2) is 17.3 Å². The van der Waals surface area contributed by atoms with Crippen LogP contribution in [0, 0.1) is 5.92 Å². The van der Waals surface area contributed by atoms with E-state index >= 15 is 0 Å². The third kappa shape index (κ3) is 2.65. The number of carbonyl (C=O) groups is 1. The maximum Gasteiger partial charge on any atom is 0.287 e. The number of benzene rings is 1. The molecule has 5 heterocycles. The fraction of sp³-hybridized carbons (Fsp3) is 0.350. The van der Waals surface area contributed by atoms with E-state index in [1.54, 1.807) is 12.1 Å². The van der Waals surface area contributed by atoms with E-state index in [-0.39, 0.29) is 11.9 Å². The molecule has 1 atom stereocenters. The van der Waals surface area contributed by atoms with Crippen LogP contribution in [0.25, 0.3) is 22.5 Å². The Morgan fingerprint density at radius 3 is 2.64 bits per heavy atom. The summed E-state index contributed by atoms with van der Waals surface area (Å²) >= 11 is 0. The van der Waals surface area contributed by atoms with Gasteiger partial charge in [-0.05, 0) is 56.1 Å². The van der Waals surface area contributed by atoms with Crippen molar-refractivity contribution in [3.8, 4) is 11.5 Å². The molecule has 2 aromatic heterocycles. The molecular weight excluding hydrogens is 316 g/mol. The number of carbonyl (C=O) groups excluding carboxylic acids is 1. The summed E-state index contributed by atoms with van der Waals surface area (Å²) in [6.45, 7) is 3.27. The molecule has 3 aliphatic heterocycles. The summed E-state index contributed by atoms with van der Waals surface area (Å²) in [6, 6.07) is 13.5. The van der Waals surface area contributed by atoms with Crippen molar-refractivity contribution in [2.24, 2.45) is 5.92 Å². The Hall–Kier alpha value is -2.53. The normalized spacial score (nSPS) is 25.4. The molecule has 6 rings (SSSR count). The molecule has 5 nitrogen and oxygen atoms in total. The summed E-state index contributed by atoms with van der Waals surface area (Å²) < 4.78 is 11.6. The van der Waals surface area contributed by atoms with Gasteiger partial charge in [0.2, 0.25) is 0 Å². The molecule has 1 aromatic carbocycles. The molecule has 0 spiro atoms. The molecule has 1 N–H and O–H groups in total. The van der Waals surface area contributed by atoms with Gasteiger partial charge < -0.3 is 19.1 Å². The van der Waals surface area contributed by atoms with Crippen molar-refractivity contribution in [3.63, 3.8) is 0 Å². The Kier molecular flexibility index (Phi) is 3.41. The van der Waals surface area contributed by atoms with E-state index in [1.807, 2.05) is 30.3 Å². The third-order valence-electron chi connectivity index (χ3n) is 5.47. The number of para-hydroxylation sites is 1. The van der Waals surface area contributed by atoms with Gasteiger partial charge >= 0.3 is 0 Å². The van der Waals surface area contributed by atoms with E-state index in [0.29, 0.717) is 23.2 Å². The molecule has 0 saturated carbocycles. The second-order valence-electron chi connectivity index (χ2n) is 7.03. The maximum absolute atomic E-state index is 12.6. The van der Waals surface area contributed by atoms with Crippen LogP contribution in [0.2, 0.25) is 0 Å². The highest BCUT2D eigenvalue weighted by atomic mass is 16.4. The van der Waals surface area contributed by atoms with Crippen LogP contribution in [0.5, 0.6) is 0 Å². The Morgan fingerprint density at radius 2 is 1.88 bits per heavy atom. The highest BCUT2D eigenvalue weighted by Crippen LogP contribution is 2.30. The number of hydrogen-bond acceptors (Lipinski definition) is 4. The number of fused-ring (bicyclic) bond motifs is 4. The van der Waals surface area contributed by atoms with Crippen molar-refractivity contribution in [2.75, 3.05) is 19.6 Å². The smallest absolute Gasteiger partial charge is 0.287 e. The fourth-order valence-electron chi connectivity index (χ4n) is 4.06. The van der Waals surface area contributed by atoms with Gasteiger partial charge in [-0.2, -0.15) is 0 Å². The van der Waals surface area contributed by atoms with E-state index in [4.69, 9.17) is 8.83 Å². The zero-order chi connectivity index (χ0) is 16.8. The van der Waals surface area contributed by atoms with Crippen LogP contribution in [0.15, 0.2) is 51.3 Å². The standard InChI is InChI=1S/C20H20N2O3/c23-20(21-15-12-22-9-7-13(15)8-10-22)18-6-5-17(25-18)19-11-14-3-1-2-4-16(14)24-19/h1-6,11,13,15H,7-10,12H2,(H,21,23)/t15-/m0/s1. The topological polar surface area (TPSA) is 58.6 Å². The van der Waals surface area contributed by atoms with Crippen molar-refractivity contribution in [3.05, 3.63) is 48.2 Å². The van der Waals surface area contributed by atoms with Crippen molar-refractivity contribution < 1.29 is 13.6 Å². The van der Waals surface area contributed by atoms with Crippen LogP contribution in [-0.2, 0) is 0 Å². The first kappa shape index (κ1) is 14.8. The summed E-state index contributed by atoms with van der Waals surface area (Å²) in [6.07, 6.45) is 2.35. The number of nitrogens with zero attached hydrogens (tertiary/aromatic N) is 1. The largest absolute Gasteiger partial charge is 0.453 e. The molecule has 2 bridgehead atoms. The molecule has 0 unspecified atom stereocenters. The Morgan fingerprint density at radius 1 is 1.04 bits per heavy atom. The molecule has 5 heteroatoms. The molecule has 3 saturated heterocycles. The summed E-state index contributed by atoms with van der Waals surface area (Å²) in [5, 5.41) is 4.17. The number of hydrogen-bond donors (Lipinski definition) is 1.